The Kier molecular flexibility index (Phi) is 4.89. The van der Waals surface area contributed by atoms with E-state index in [9.17, 15) is 9.59 Å². The number of oxazole rings is 1. The molecule has 1 saturated heterocycles. The second-order valence-corrected chi connectivity index (χ2v) is 6.54. The van der Waals surface area contributed by atoms with Crippen molar-refractivity contribution in [3.05, 3.63) is 36.4 Å². The zero-order valence-electron chi connectivity index (χ0n) is 13.6. The summed E-state index contributed by atoms with van der Waals surface area (Å²) in [4.78, 5) is 30.1. The van der Waals surface area contributed by atoms with Gasteiger partial charge in [-0.25, -0.2) is 4.98 Å². The van der Waals surface area contributed by atoms with E-state index in [1.807, 2.05) is 31.2 Å². The standard InChI is InChI=1S/C17H19N3O3S/c1-3-16(21)20-10-24-9-14(20)17(22)19-13-6-4-12(5-7-13)15-8-18-11(2)23-15/h4-8,14H,3,9-10H2,1-2H3,(H,19,22). The monoisotopic (exact) mass is 345 g/mol. The van der Waals surface area contributed by atoms with E-state index in [-0.39, 0.29) is 11.8 Å². The van der Waals surface area contributed by atoms with Gasteiger partial charge in [0.1, 0.15) is 6.04 Å². The Labute approximate surface area is 144 Å². The van der Waals surface area contributed by atoms with Crippen molar-refractivity contribution in [3.8, 4) is 11.3 Å². The van der Waals surface area contributed by atoms with Gasteiger partial charge in [-0.2, -0.15) is 0 Å². The van der Waals surface area contributed by atoms with Gasteiger partial charge in [-0.15, -0.1) is 11.8 Å². The molecule has 1 aromatic heterocycles. The number of rotatable bonds is 4. The quantitative estimate of drug-likeness (QED) is 0.922. The molecule has 1 unspecified atom stereocenters. The third-order valence-corrected chi connectivity index (χ3v) is 4.88. The van der Waals surface area contributed by atoms with Crippen molar-refractivity contribution in [3.63, 3.8) is 0 Å². The molecule has 1 aromatic carbocycles. The fourth-order valence-electron chi connectivity index (χ4n) is 2.55. The summed E-state index contributed by atoms with van der Waals surface area (Å²) in [6.07, 6.45) is 2.09. The van der Waals surface area contributed by atoms with Crippen LogP contribution in [0.5, 0.6) is 0 Å². The van der Waals surface area contributed by atoms with Gasteiger partial charge in [-0.05, 0) is 24.3 Å². The van der Waals surface area contributed by atoms with Gasteiger partial charge < -0.3 is 14.6 Å². The summed E-state index contributed by atoms with van der Waals surface area (Å²) in [5, 5.41) is 2.88. The topological polar surface area (TPSA) is 75.4 Å². The molecular weight excluding hydrogens is 326 g/mol. The van der Waals surface area contributed by atoms with E-state index >= 15 is 0 Å². The molecule has 2 aromatic rings. The number of hydrogen-bond donors (Lipinski definition) is 1. The zero-order valence-corrected chi connectivity index (χ0v) is 14.4. The highest BCUT2D eigenvalue weighted by atomic mass is 32.2. The minimum Gasteiger partial charge on any atom is -0.441 e. The molecular formula is C17H19N3O3S. The van der Waals surface area contributed by atoms with Crippen LogP contribution in [0.4, 0.5) is 5.69 Å². The minimum atomic E-state index is -0.404. The summed E-state index contributed by atoms with van der Waals surface area (Å²) in [6, 6.07) is 6.97. The van der Waals surface area contributed by atoms with Gasteiger partial charge >= 0.3 is 0 Å². The third kappa shape index (κ3) is 3.46. The lowest BCUT2D eigenvalue weighted by Crippen LogP contribution is -2.44. The van der Waals surface area contributed by atoms with Gasteiger partial charge in [0.15, 0.2) is 11.7 Å². The number of anilines is 1. The maximum absolute atomic E-state index is 12.5. The predicted molar refractivity (Wildman–Crippen MR) is 93.6 cm³/mol. The molecule has 0 spiro atoms. The summed E-state index contributed by atoms with van der Waals surface area (Å²) in [5.74, 6) is 2.38. The SMILES string of the molecule is CCC(=O)N1CSCC1C(=O)Nc1ccc(-c2cnc(C)o2)cc1. The summed E-state index contributed by atoms with van der Waals surface area (Å²) < 4.78 is 5.48. The maximum atomic E-state index is 12.5. The van der Waals surface area contributed by atoms with Gasteiger partial charge in [0.25, 0.3) is 0 Å². The summed E-state index contributed by atoms with van der Waals surface area (Å²) in [5.41, 5.74) is 1.59. The highest BCUT2D eigenvalue weighted by molar-refractivity contribution is 7.99. The molecule has 0 radical (unpaired) electrons. The summed E-state index contributed by atoms with van der Waals surface area (Å²) in [7, 11) is 0. The fraction of sp³-hybridized carbons (Fsp3) is 0.353. The van der Waals surface area contributed by atoms with Crippen molar-refractivity contribution in [1.29, 1.82) is 0 Å². The average molecular weight is 345 g/mol. The Morgan fingerprint density at radius 3 is 2.75 bits per heavy atom. The minimum absolute atomic E-state index is 0.0104. The molecule has 2 heterocycles. The Bertz CT molecular complexity index is 742. The molecule has 24 heavy (non-hydrogen) atoms. The summed E-state index contributed by atoms with van der Waals surface area (Å²) >= 11 is 1.60. The van der Waals surface area contributed by atoms with Crippen LogP contribution in [0.3, 0.4) is 0 Å². The number of carbonyl (C=O) groups excluding carboxylic acids is 2. The molecule has 1 fully saturated rings. The van der Waals surface area contributed by atoms with E-state index in [0.29, 0.717) is 35.4 Å². The van der Waals surface area contributed by atoms with Gasteiger partial charge in [-0.3, -0.25) is 9.59 Å². The van der Waals surface area contributed by atoms with E-state index < -0.39 is 6.04 Å². The van der Waals surface area contributed by atoms with E-state index in [0.717, 1.165) is 5.56 Å². The third-order valence-electron chi connectivity index (χ3n) is 3.87. The first-order valence-corrected chi connectivity index (χ1v) is 8.95. The Morgan fingerprint density at radius 2 is 2.12 bits per heavy atom. The van der Waals surface area contributed by atoms with Gasteiger partial charge in [-0.1, -0.05) is 6.92 Å². The van der Waals surface area contributed by atoms with Crippen molar-refractivity contribution >= 4 is 29.3 Å². The van der Waals surface area contributed by atoms with Crippen LogP contribution in [0.15, 0.2) is 34.9 Å². The van der Waals surface area contributed by atoms with Crippen molar-refractivity contribution in [2.24, 2.45) is 0 Å². The first-order chi connectivity index (χ1) is 11.6. The molecule has 126 valence electrons. The largest absolute Gasteiger partial charge is 0.441 e. The van der Waals surface area contributed by atoms with Crippen LogP contribution >= 0.6 is 11.8 Å². The second-order valence-electron chi connectivity index (χ2n) is 5.54. The highest BCUT2D eigenvalue weighted by Gasteiger charge is 2.33. The Morgan fingerprint density at radius 1 is 1.38 bits per heavy atom. The molecule has 1 atom stereocenters. The van der Waals surface area contributed by atoms with Crippen LogP contribution in [-0.2, 0) is 9.59 Å². The lowest BCUT2D eigenvalue weighted by molar-refractivity contribution is -0.135. The first kappa shape index (κ1) is 16.6. The number of nitrogens with zero attached hydrogens (tertiary/aromatic N) is 2. The Balaban J connectivity index is 1.67. The average Bonchev–Trinajstić information content (AvgIpc) is 3.24. The molecule has 6 nitrogen and oxygen atoms in total. The van der Waals surface area contributed by atoms with Crippen LogP contribution in [0.2, 0.25) is 0 Å². The van der Waals surface area contributed by atoms with E-state index in [1.165, 1.54) is 0 Å². The van der Waals surface area contributed by atoms with Gasteiger partial charge in [0, 0.05) is 30.3 Å². The van der Waals surface area contributed by atoms with Gasteiger partial charge in [0.2, 0.25) is 11.8 Å². The van der Waals surface area contributed by atoms with Crippen LogP contribution in [0, 0.1) is 6.92 Å². The number of aromatic nitrogens is 1. The Hall–Kier alpha value is -2.28. The lowest BCUT2D eigenvalue weighted by atomic mass is 10.1. The van der Waals surface area contributed by atoms with Crippen molar-refractivity contribution in [2.75, 3.05) is 16.9 Å². The second kappa shape index (κ2) is 7.09. The van der Waals surface area contributed by atoms with Crippen LogP contribution in [0.25, 0.3) is 11.3 Å². The molecule has 1 aliphatic heterocycles. The number of hydrogen-bond acceptors (Lipinski definition) is 5. The van der Waals surface area contributed by atoms with Crippen molar-refractivity contribution < 1.29 is 14.0 Å². The molecule has 1 aliphatic rings. The fourth-order valence-corrected chi connectivity index (χ4v) is 3.73. The first-order valence-electron chi connectivity index (χ1n) is 7.79. The molecule has 1 N–H and O–H groups in total. The predicted octanol–water partition coefficient (Wildman–Crippen LogP) is 2.90. The molecule has 0 bridgehead atoms. The highest BCUT2D eigenvalue weighted by Crippen LogP contribution is 2.25. The molecule has 0 aliphatic carbocycles. The molecule has 0 saturated carbocycles. The van der Waals surface area contributed by atoms with Crippen LogP contribution in [0.1, 0.15) is 19.2 Å². The van der Waals surface area contributed by atoms with Crippen molar-refractivity contribution in [2.45, 2.75) is 26.3 Å². The molecule has 2 amide bonds. The van der Waals surface area contributed by atoms with Crippen LogP contribution in [-0.4, -0.2) is 39.4 Å². The van der Waals surface area contributed by atoms with Crippen LogP contribution < -0.4 is 5.32 Å². The van der Waals surface area contributed by atoms with Gasteiger partial charge in [0.05, 0.1) is 12.1 Å². The number of thioether (sulfide) groups is 1. The molecule has 7 heteroatoms. The number of nitrogens with one attached hydrogen (secondary N) is 1. The van der Waals surface area contributed by atoms with Crippen molar-refractivity contribution in [1.82, 2.24) is 9.88 Å². The summed E-state index contributed by atoms with van der Waals surface area (Å²) in [6.45, 7) is 3.60. The smallest absolute Gasteiger partial charge is 0.248 e. The maximum Gasteiger partial charge on any atom is 0.248 e. The van der Waals surface area contributed by atoms with E-state index in [4.69, 9.17) is 4.42 Å². The normalized spacial score (nSPS) is 17.1. The van der Waals surface area contributed by atoms with E-state index in [2.05, 4.69) is 10.3 Å². The zero-order chi connectivity index (χ0) is 17.1. The lowest BCUT2D eigenvalue weighted by Gasteiger charge is -2.22. The number of amides is 2. The number of benzene rings is 1. The number of aryl methyl sites for hydroxylation is 1. The van der Waals surface area contributed by atoms with E-state index in [1.54, 1.807) is 29.8 Å². The molecule has 3 rings (SSSR count). The number of carbonyl (C=O) groups is 2.